The first-order valence-electron chi connectivity index (χ1n) is 4.99. The van der Waals surface area contributed by atoms with Crippen LogP contribution in [0.5, 0.6) is 0 Å². The molecule has 0 rings (SSSR count). The molecule has 0 aliphatic carbocycles. The van der Waals surface area contributed by atoms with Crippen molar-refractivity contribution in [1.29, 1.82) is 0 Å². The van der Waals surface area contributed by atoms with Crippen LogP contribution in [0, 0.1) is 0 Å². The second-order valence-electron chi connectivity index (χ2n) is 3.30. The minimum atomic E-state index is -1.30. The second kappa shape index (κ2) is 7.87. The Balaban J connectivity index is 4.15. The lowest BCUT2D eigenvalue weighted by Gasteiger charge is -2.13. The zero-order valence-corrected chi connectivity index (χ0v) is 9.76. The number of methoxy groups -OCH3 is 1. The maximum atomic E-state index is 11.2. The molecular formula is C9H15N3O6. The van der Waals surface area contributed by atoms with Crippen LogP contribution >= 0.6 is 0 Å². The van der Waals surface area contributed by atoms with Gasteiger partial charge in [0.1, 0.15) is 12.6 Å². The van der Waals surface area contributed by atoms with E-state index in [1.807, 2.05) is 0 Å². The van der Waals surface area contributed by atoms with Gasteiger partial charge in [-0.1, -0.05) is 0 Å². The van der Waals surface area contributed by atoms with Gasteiger partial charge in [-0.15, -0.1) is 0 Å². The molecule has 0 radical (unpaired) electrons. The Morgan fingerprint density at radius 2 is 1.94 bits per heavy atom. The fourth-order valence-electron chi connectivity index (χ4n) is 0.978. The third-order valence-corrected chi connectivity index (χ3v) is 1.90. The summed E-state index contributed by atoms with van der Waals surface area (Å²) in [6.45, 7) is -0.384. The van der Waals surface area contributed by atoms with Crippen molar-refractivity contribution in [2.45, 2.75) is 18.9 Å². The standard InChI is InChI=1S/C9H15N3O6/c1-18-7(14)4-11-9(17)12-5(8(15)16)2-3-6(10)13/h5H,2-4H2,1H3,(H2,10,13)(H,15,16)(H2,11,12,17)/t5-/m1/s1. The van der Waals surface area contributed by atoms with Crippen molar-refractivity contribution in [2.75, 3.05) is 13.7 Å². The van der Waals surface area contributed by atoms with Crippen LogP contribution in [-0.2, 0) is 19.1 Å². The van der Waals surface area contributed by atoms with Gasteiger partial charge in [0.2, 0.25) is 5.91 Å². The fourth-order valence-corrected chi connectivity index (χ4v) is 0.978. The number of ether oxygens (including phenoxy) is 1. The van der Waals surface area contributed by atoms with Gasteiger partial charge >= 0.3 is 18.0 Å². The first-order valence-corrected chi connectivity index (χ1v) is 4.99. The molecule has 1 atom stereocenters. The molecule has 0 aromatic rings. The van der Waals surface area contributed by atoms with Crippen LogP contribution in [0.1, 0.15) is 12.8 Å². The number of hydrogen-bond acceptors (Lipinski definition) is 5. The van der Waals surface area contributed by atoms with Crippen LogP contribution in [0.2, 0.25) is 0 Å². The molecule has 0 aromatic carbocycles. The van der Waals surface area contributed by atoms with Gasteiger partial charge in [-0.3, -0.25) is 9.59 Å². The van der Waals surface area contributed by atoms with Crippen LogP contribution in [0.3, 0.4) is 0 Å². The smallest absolute Gasteiger partial charge is 0.326 e. The number of aliphatic carboxylic acids is 1. The predicted molar refractivity (Wildman–Crippen MR) is 58.4 cm³/mol. The molecule has 0 fully saturated rings. The summed E-state index contributed by atoms with van der Waals surface area (Å²) in [6.07, 6.45) is -0.301. The van der Waals surface area contributed by atoms with Crippen molar-refractivity contribution in [3.63, 3.8) is 0 Å². The molecule has 0 saturated heterocycles. The Kier molecular flexibility index (Phi) is 6.86. The summed E-state index contributed by atoms with van der Waals surface area (Å²) in [5.41, 5.74) is 4.87. The quantitative estimate of drug-likeness (QED) is 0.396. The molecule has 0 spiro atoms. The molecule has 0 saturated carbocycles. The molecule has 9 nitrogen and oxygen atoms in total. The lowest BCUT2D eigenvalue weighted by Crippen LogP contribution is -2.47. The van der Waals surface area contributed by atoms with Crippen molar-refractivity contribution >= 4 is 23.9 Å². The van der Waals surface area contributed by atoms with Gasteiger partial charge in [-0.25, -0.2) is 9.59 Å². The van der Waals surface area contributed by atoms with Crippen molar-refractivity contribution in [3.8, 4) is 0 Å². The number of urea groups is 1. The van der Waals surface area contributed by atoms with E-state index in [4.69, 9.17) is 10.8 Å². The minimum absolute atomic E-state index is 0.129. The number of rotatable bonds is 7. The number of nitrogens with one attached hydrogen (secondary N) is 2. The minimum Gasteiger partial charge on any atom is -0.480 e. The zero-order chi connectivity index (χ0) is 14.1. The van der Waals surface area contributed by atoms with E-state index in [2.05, 4.69) is 15.4 Å². The Morgan fingerprint density at radius 1 is 1.33 bits per heavy atom. The van der Waals surface area contributed by atoms with Crippen LogP contribution in [0.15, 0.2) is 0 Å². The van der Waals surface area contributed by atoms with E-state index < -0.39 is 29.9 Å². The van der Waals surface area contributed by atoms with E-state index in [1.165, 1.54) is 0 Å². The van der Waals surface area contributed by atoms with E-state index in [1.54, 1.807) is 0 Å². The van der Waals surface area contributed by atoms with Gasteiger partial charge in [0.15, 0.2) is 0 Å². The average Bonchev–Trinajstić information content (AvgIpc) is 2.30. The van der Waals surface area contributed by atoms with Gasteiger partial charge < -0.3 is 26.2 Å². The molecule has 0 aliphatic rings. The highest BCUT2D eigenvalue weighted by atomic mass is 16.5. The molecule has 3 amide bonds. The molecule has 18 heavy (non-hydrogen) atoms. The summed E-state index contributed by atoms with van der Waals surface area (Å²) in [6, 6.07) is -2.10. The lowest BCUT2D eigenvalue weighted by atomic mass is 10.1. The predicted octanol–water partition coefficient (Wildman–Crippen LogP) is -1.82. The summed E-state index contributed by atoms with van der Waals surface area (Å²) in [4.78, 5) is 43.2. The Hall–Kier alpha value is -2.32. The molecular weight excluding hydrogens is 246 g/mol. The van der Waals surface area contributed by atoms with E-state index in [9.17, 15) is 19.2 Å². The molecule has 102 valence electrons. The number of nitrogens with two attached hydrogens (primary N) is 1. The highest BCUT2D eigenvalue weighted by molar-refractivity contribution is 5.85. The molecule has 5 N–H and O–H groups in total. The van der Waals surface area contributed by atoms with Crippen molar-refractivity contribution in [1.82, 2.24) is 10.6 Å². The normalized spacial score (nSPS) is 11.2. The third kappa shape index (κ3) is 7.04. The van der Waals surface area contributed by atoms with Gasteiger partial charge in [0, 0.05) is 6.42 Å². The third-order valence-electron chi connectivity index (χ3n) is 1.90. The number of amides is 3. The van der Waals surface area contributed by atoms with Gasteiger partial charge in [0.05, 0.1) is 7.11 Å². The van der Waals surface area contributed by atoms with Gasteiger partial charge in [-0.2, -0.15) is 0 Å². The largest absolute Gasteiger partial charge is 0.480 e. The number of primary amides is 1. The van der Waals surface area contributed by atoms with Crippen molar-refractivity contribution in [3.05, 3.63) is 0 Å². The molecule has 0 heterocycles. The number of carbonyl (C=O) groups is 4. The number of carboxylic acids is 1. The van der Waals surface area contributed by atoms with Crippen molar-refractivity contribution in [2.24, 2.45) is 5.73 Å². The maximum absolute atomic E-state index is 11.2. The van der Waals surface area contributed by atoms with E-state index in [0.717, 1.165) is 7.11 Å². The molecule has 0 unspecified atom stereocenters. The van der Waals surface area contributed by atoms with E-state index in [0.29, 0.717) is 0 Å². The molecule has 0 aliphatic heterocycles. The Labute approximate surface area is 103 Å². The first-order chi connectivity index (χ1) is 8.36. The summed E-state index contributed by atoms with van der Waals surface area (Å²) in [5.74, 6) is -2.64. The number of esters is 1. The second-order valence-corrected chi connectivity index (χ2v) is 3.30. The van der Waals surface area contributed by atoms with Crippen LogP contribution < -0.4 is 16.4 Å². The number of hydrogen-bond donors (Lipinski definition) is 4. The van der Waals surface area contributed by atoms with E-state index >= 15 is 0 Å². The highest BCUT2D eigenvalue weighted by Crippen LogP contribution is 1.97. The summed E-state index contributed by atoms with van der Waals surface area (Å²) in [5, 5.41) is 13.0. The Morgan fingerprint density at radius 3 is 2.39 bits per heavy atom. The summed E-state index contributed by atoms with van der Waals surface area (Å²) >= 11 is 0. The molecule has 0 bridgehead atoms. The Bertz CT molecular complexity index is 343. The molecule has 0 aromatic heterocycles. The monoisotopic (exact) mass is 261 g/mol. The summed E-state index contributed by atoms with van der Waals surface area (Å²) < 4.78 is 4.27. The van der Waals surface area contributed by atoms with Gasteiger partial charge in [-0.05, 0) is 6.42 Å². The van der Waals surface area contributed by atoms with Crippen LogP contribution in [-0.4, -0.2) is 48.7 Å². The zero-order valence-electron chi connectivity index (χ0n) is 9.76. The topological polar surface area (TPSA) is 148 Å². The van der Waals surface area contributed by atoms with Crippen molar-refractivity contribution < 1.29 is 29.0 Å². The fraction of sp³-hybridized carbons (Fsp3) is 0.556. The lowest BCUT2D eigenvalue weighted by molar-refractivity contribution is -0.139. The number of carbonyl (C=O) groups excluding carboxylic acids is 3. The van der Waals surface area contributed by atoms with Crippen LogP contribution in [0.25, 0.3) is 0 Å². The van der Waals surface area contributed by atoms with Crippen LogP contribution in [0.4, 0.5) is 4.79 Å². The van der Waals surface area contributed by atoms with Gasteiger partial charge in [0.25, 0.3) is 0 Å². The maximum Gasteiger partial charge on any atom is 0.326 e. The average molecular weight is 261 g/mol. The first kappa shape index (κ1) is 15.7. The highest BCUT2D eigenvalue weighted by Gasteiger charge is 2.20. The summed E-state index contributed by atoms with van der Waals surface area (Å²) in [7, 11) is 1.15. The van der Waals surface area contributed by atoms with E-state index in [-0.39, 0.29) is 19.4 Å². The SMILES string of the molecule is COC(=O)CNC(=O)N[C@H](CCC(N)=O)C(=O)O. The molecule has 9 heteroatoms. The number of carboxylic acid groups (broad SMARTS) is 1.